The number of amides is 2. The molecule has 0 fully saturated rings. The van der Waals surface area contributed by atoms with Crippen molar-refractivity contribution in [3.8, 4) is 0 Å². The molecule has 72 valence electrons. The van der Waals surface area contributed by atoms with E-state index >= 15 is 0 Å². The van der Waals surface area contributed by atoms with Gasteiger partial charge in [-0.1, -0.05) is 13.3 Å². The van der Waals surface area contributed by atoms with Gasteiger partial charge in [-0.15, -0.1) is 0 Å². The summed E-state index contributed by atoms with van der Waals surface area (Å²) in [6.45, 7) is 8.02. The van der Waals surface area contributed by atoms with Crippen molar-refractivity contribution in [2.45, 2.75) is 52.6 Å². The van der Waals surface area contributed by atoms with E-state index in [0.717, 1.165) is 12.8 Å². The molecule has 3 nitrogen and oxygen atoms in total. The van der Waals surface area contributed by atoms with Crippen molar-refractivity contribution in [2.75, 3.05) is 0 Å². The van der Waals surface area contributed by atoms with Gasteiger partial charge in [0.2, 0.25) is 0 Å². The van der Waals surface area contributed by atoms with E-state index < -0.39 is 0 Å². The summed E-state index contributed by atoms with van der Waals surface area (Å²) in [4.78, 5) is 11.1. The summed E-state index contributed by atoms with van der Waals surface area (Å²) < 4.78 is 0. The van der Waals surface area contributed by atoms with E-state index in [4.69, 9.17) is 0 Å². The van der Waals surface area contributed by atoms with Crippen molar-refractivity contribution in [3.05, 3.63) is 0 Å². The first-order chi connectivity index (χ1) is 5.56. The van der Waals surface area contributed by atoms with Crippen LogP contribution in [0.4, 0.5) is 4.79 Å². The SMILES string of the molecule is CCCC(C)NC(=O)NC(C)C. The van der Waals surface area contributed by atoms with Crippen LogP contribution >= 0.6 is 0 Å². The van der Waals surface area contributed by atoms with Crippen LogP contribution < -0.4 is 10.6 Å². The van der Waals surface area contributed by atoms with E-state index in [1.165, 1.54) is 0 Å². The van der Waals surface area contributed by atoms with Gasteiger partial charge in [0.1, 0.15) is 0 Å². The Balaban J connectivity index is 3.54. The molecule has 2 amide bonds. The molecule has 0 aromatic carbocycles. The minimum Gasteiger partial charge on any atom is -0.336 e. The van der Waals surface area contributed by atoms with Gasteiger partial charge in [0, 0.05) is 12.1 Å². The summed E-state index contributed by atoms with van der Waals surface area (Å²) in [5.74, 6) is 0. The first-order valence-electron chi connectivity index (χ1n) is 4.63. The molecule has 0 saturated heterocycles. The number of carbonyl (C=O) groups excluding carboxylic acids is 1. The van der Waals surface area contributed by atoms with Crippen LogP contribution in [0, 0.1) is 0 Å². The number of carbonyl (C=O) groups is 1. The van der Waals surface area contributed by atoms with Crippen LogP contribution in [0.2, 0.25) is 0 Å². The number of urea groups is 1. The maximum absolute atomic E-state index is 11.1. The van der Waals surface area contributed by atoms with Crippen LogP contribution in [-0.4, -0.2) is 18.1 Å². The van der Waals surface area contributed by atoms with Crippen LogP contribution in [0.5, 0.6) is 0 Å². The molecule has 0 spiro atoms. The van der Waals surface area contributed by atoms with Crippen LogP contribution in [0.1, 0.15) is 40.5 Å². The first-order valence-corrected chi connectivity index (χ1v) is 4.63. The molecule has 0 rings (SSSR count). The summed E-state index contributed by atoms with van der Waals surface area (Å²) >= 11 is 0. The molecular formula is C9H20N2O. The van der Waals surface area contributed by atoms with E-state index in [1.54, 1.807) is 0 Å². The highest BCUT2D eigenvalue weighted by atomic mass is 16.2. The molecule has 12 heavy (non-hydrogen) atoms. The Bertz CT molecular complexity index is 134. The molecule has 3 heteroatoms. The Morgan fingerprint density at radius 3 is 2.25 bits per heavy atom. The Kier molecular flexibility index (Phi) is 5.51. The Labute approximate surface area is 74.9 Å². The maximum atomic E-state index is 11.1. The molecule has 0 aliphatic carbocycles. The molecule has 0 aliphatic rings. The number of rotatable bonds is 4. The monoisotopic (exact) mass is 172 g/mol. The topological polar surface area (TPSA) is 41.1 Å². The van der Waals surface area contributed by atoms with Crippen molar-refractivity contribution in [1.82, 2.24) is 10.6 Å². The van der Waals surface area contributed by atoms with E-state index in [9.17, 15) is 4.79 Å². The van der Waals surface area contributed by atoms with Crippen molar-refractivity contribution in [3.63, 3.8) is 0 Å². The summed E-state index contributed by atoms with van der Waals surface area (Å²) in [5.41, 5.74) is 0. The highest BCUT2D eigenvalue weighted by Gasteiger charge is 2.05. The maximum Gasteiger partial charge on any atom is 0.315 e. The third-order valence-corrected chi connectivity index (χ3v) is 1.52. The van der Waals surface area contributed by atoms with Gasteiger partial charge < -0.3 is 10.6 Å². The summed E-state index contributed by atoms with van der Waals surface area (Å²) in [6.07, 6.45) is 2.13. The third-order valence-electron chi connectivity index (χ3n) is 1.52. The van der Waals surface area contributed by atoms with Gasteiger partial charge in [0.25, 0.3) is 0 Å². The van der Waals surface area contributed by atoms with Gasteiger partial charge in [0.15, 0.2) is 0 Å². The van der Waals surface area contributed by atoms with Gasteiger partial charge in [-0.3, -0.25) is 0 Å². The quantitative estimate of drug-likeness (QED) is 0.668. The lowest BCUT2D eigenvalue weighted by Gasteiger charge is -2.15. The van der Waals surface area contributed by atoms with Gasteiger partial charge in [0.05, 0.1) is 0 Å². The highest BCUT2D eigenvalue weighted by molar-refractivity contribution is 5.74. The Hall–Kier alpha value is -0.730. The zero-order valence-corrected chi connectivity index (χ0v) is 8.48. The predicted octanol–water partition coefficient (Wildman–Crippen LogP) is 1.88. The van der Waals surface area contributed by atoms with Gasteiger partial charge in [-0.05, 0) is 27.2 Å². The Morgan fingerprint density at radius 1 is 1.25 bits per heavy atom. The third kappa shape index (κ3) is 6.01. The molecule has 0 aromatic heterocycles. The van der Waals surface area contributed by atoms with Crippen molar-refractivity contribution < 1.29 is 4.79 Å². The molecule has 0 saturated carbocycles. The second-order valence-electron chi connectivity index (χ2n) is 3.46. The van der Waals surface area contributed by atoms with Gasteiger partial charge in [-0.25, -0.2) is 4.79 Å². The summed E-state index contributed by atoms with van der Waals surface area (Å²) in [6, 6.07) is 0.415. The average molecular weight is 172 g/mol. The molecular weight excluding hydrogens is 152 g/mol. The fraction of sp³-hybridized carbons (Fsp3) is 0.889. The first kappa shape index (κ1) is 11.3. The predicted molar refractivity (Wildman–Crippen MR) is 51.2 cm³/mol. The zero-order valence-electron chi connectivity index (χ0n) is 8.48. The molecule has 0 radical (unpaired) electrons. The smallest absolute Gasteiger partial charge is 0.315 e. The fourth-order valence-corrected chi connectivity index (χ4v) is 1.03. The molecule has 0 aliphatic heterocycles. The van der Waals surface area contributed by atoms with Crippen molar-refractivity contribution in [1.29, 1.82) is 0 Å². The van der Waals surface area contributed by atoms with E-state index in [-0.39, 0.29) is 18.1 Å². The van der Waals surface area contributed by atoms with Crippen molar-refractivity contribution in [2.24, 2.45) is 0 Å². The minimum absolute atomic E-state index is 0.0639. The highest BCUT2D eigenvalue weighted by Crippen LogP contribution is 1.94. The van der Waals surface area contributed by atoms with Crippen LogP contribution in [0.15, 0.2) is 0 Å². The molecule has 1 unspecified atom stereocenters. The summed E-state index contributed by atoms with van der Waals surface area (Å²) in [7, 11) is 0. The fourth-order valence-electron chi connectivity index (χ4n) is 1.03. The zero-order chi connectivity index (χ0) is 9.56. The molecule has 0 bridgehead atoms. The normalized spacial score (nSPS) is 12.8. The van der Waals surface area contributed by atoms with E-state index in [2.05, 4.69) is 17.6 Å². The number of hydrogen-bond donors (Lipinski definition) is 2. The van der Waals surface area contributed by atoms with Gasteiger partial charge in [-0.2, -0.15) is 0 Å². The van der Waals surface area contributed by atoms with Crippen LogP contribution in [-0.2, 0) is 0 Å². The van der Waals surface area contributed by atoms with Crippen molar-refractivity contribution >= 4 is 6.03 Å². The second kappa shape index (κ2) is 5.86. The lowest BCUT2D eigenvalue weighted by Crippen LogP contribution is -2.43. The molecule has 0 aromatic rings. The molecule has 2 N–H and O–H groups in total. The lowest BCUT2D eigenvalue weighted by atomic mass is 10.2. The average Bonchev–Trinajstić information content (AvgIpc) is 1.84. The standard InChI is InChI=1S/C9H20N2O/c1-5-6-8(4)11-9(12)10-7(2)3/h7-8H,5-6H2,1-4H3,(H2,10,11,12). The largest absolute Gasteiger partial charge is 0.336 e. The van der Waals surface area contributed by atoms with Crippen LogP contribution in [0.3, 0.4) is 0 Å². The minimum atomic E-state index is -0.0639. The lowest BCUT2D eigenvalue weighted by molar-refractivity contribution is 0.235. The van der Waals surface area contributed by atoms with Crippen LogP contribution in [0.25, 0.3) is 0 Å². The van der Waals surface area contributed by atoms with Gasteiger partial charge >= 0.3 is 6.03 Å². The summed E-state index contributed by atoms with van der Waals surface area (Å²) in [5, 5.41) is 5.64. The Morgan fingerprint density at radius 2 is 1.83 bits per heavy atom. The second-order valence-corrected chi connectivity index (χ2v) is 3.46. The van der Waals surface area contributed by atoms with E-state index in [1.807, 2.05) is 20.8 Å². The molecule has 0 heterocycles. The van der Waals surface area contributed by atoms with E-state index in [0.29, 0.717) is 0 Å². The number of hydrogen-bond acceptors (Lipinski definition) is 1. The number of nitrogens with one attached hydrogen (secondary N) is 2. The molecule has 1 atom stereocenters.